The fourth-order valence-electron chi connectivity index (χ4n) is 1.76. The Hall–Kier alpha value is -1.78. The Balaban J connectivity index is 1.98. The highest BCUT2D eigenvalue weighted by atomic mass is 35.5. The number of aryl methyl sites for hydroxylation is 1. The highest BCUT2D eigenvalue weighted by molar-refractivity contribution is 6.31. The molecule has 1 heterocycles. The zero-order chi connectivity index (χ0) is 13.8. The Morgan fingerprint density at radius 3 is 2.79 bits per heavy atom. The Morgan fingerprint density at radius 1 is 1.42 bits per heavy atom. The first-order chi connectivity index (χ1) is 9.09. The first-order valence-corrected chi connectivity index (χ1v) is 6.22. The molecule has 0 saturated heterocycles. The number of amides is 1. The van der Waals surface area contributed by atoms with Crippen molar-refractivity contribution in [3.05, 3.63) is 58.5 Å². The van der Waals surface area contributed by atoms with Crippen molar-refractivity contribution in [2.45, 2.75) is 13.0 Å². The van der Waals surface area contributed by atoms with Gasteiger partial charge in [-0.3, -0.25) is 4.79 Å². The molecular formula is C14H14ClNO3. The molecule has 5 heteroatoms. The molecule has 1 unspecified atom stereocenters. The van der Waals surface area contributed by atoms with Crippen molar-refractivity contribution < 1.29 is 14.3 Å². The van der Waals surface area contributed by atoms with Gasteiger partial charge in [0.25, 0.3) is 5.91 Å². The summed E-state index contributed by atoms with van der Waals surface area (Å²) in [4.78, 5) is 11.8. The van der Waals surface area contributed by atoms with E-state index in [1.807, 2.05) is 0 Å². The smallest absolute Gasteiger partial charge is 0.254 e. The van der Waals surface area contributed by atoms with Gasteiger partial charge in [-0.1, -0.05) is 29.8 Å². The Kier molecular flexibility index (Phi) is 4.24. The molecule has 1 aromatic heterocycles. The van der Waals surface area contributed by atoms with Crippen molar-refractivity contribution in [2.24, 2.45) is 0 Å². The molecule has 4 nitrogen and oxygen atoms in total. The van der Waals surface area contributed by atoms with Crippen LogP contribution in [0.4, 0.5) is 0 Å². The van der Waals surface area contributed by atoms with Crippen molar-refractivity contribution in [3.63, 3.8) is 0 Å². The van der Waals surface area contributed by atoms with Crippen LogP contribution >= 0.6 is 11.6 Å². The lowest BCUT2D eigenvalue weighted by molar-refractivity contribution is 0.0915. The van der Waals surface area contributed by atoms with Crippen molar-refractivity contribution in [2.75, 3.05) is 6.54 Å². The molecule has 2 rings (SSSR count). The van der Waals surface area contributed by atoms with Crippen LogP contribution in [0.2, 0.25) is 5.02 Å². The van der Waals surface area contributed by atoms with E-state index in [4.69, 9.17) is 16.0 Å². The monoisotopic (exact) mass is 279 g/mol. The number of hydrogen-bond acceptors (Lipinski definition) is 3. The molecule has 0 aliphatic rings. The predicted molar refractivity (Wildman–Crippen MR) is 72.2 cm³/mol. The molecule has 0 radical (unpaired) electrons. The predicted octanol–water partition coefficient (Wildman–Crippen LogP) is 2.70. The summed E-state index contributed by atoms with van der Waals surface area (Å²) in [6.07, 6.45) is 0.610. The third-order valence-corrected chi connectivity index (χ3v) is 3.17. The number of rotatable bonds is 4. The van der Waals surface area contributed by atoms with Crippen LogP contribution < -0.4 is 5.32 Å². The minimum Gasteiger partial charge on any atom is -0.469 e. The third kappa shape index (κ3) is 3.16. The van der Waals surface area contributed by atoms with Gasteiger partial charge in [-0.25, -0.2) is 0 Å². The highest BCUT2D eigenvalue weighted by Gasteiger charge is 2.15. The van der Waals surface area contributed by atoms with Gasteiger partial charge in [0.15, 0.2) is 0 Å². The lowest BCUT2D eigenvalue weighted by Gasteiger charge is -2.13. The van der Waals surface area contributed by atoms with Crippen molar-refractivity contribution in [1.29, 1.82) is 0 Å². The lowest BCUT2D eigenvalue weighted by atomic mass is 10.1. The van der Waals surface area contributed by atoms with Crippen molar-refractivity contribution in [3.8, 4) is 0 Å². The summed E-state index contributed by atoms with van der Waals surface area (Å²) in [7, 11) is 0. The molecule has 0 aliphatic carbocycles. The zero-order valence-electron chi connectivity index (χ0n) is 10.4. The lowest BCUT2D eigenvalue weighted by Crippen LogP contribution is -2.28. The number of benzene rings is 1. The maximum Gasteiger partial charge on any atom is 0.254 e. The molecule has 1 aromatic carbocycles. The summed E-state index contributed by atoms with van der Waals surface area (Å²) in [6.45, 7) is 1.80. The van der Waals surface area contributed by atoms with Gasteiger partial charge in [-0.2, -0.15) is 0 Å². The van der Waals surface area contributed by atoms with Crippen LogP contribution in [0.25, 0.3) is 0 Å². The van der Waals surface area contributed by atoms with Crippen LogP contribution in [-0.2, 0) is 0 Å². The minimum atomic E-state index is -0.843. The van der Waals surface area contributed by atoms with E-state index < -0.39 is 6.10 Å². The summed E-state index contributed by atoms with van der Waals surface area (Å²) in [5.74, 6) is 0.266. The van der Waals surface area contributed by atoms with Crippen LogP contribution in [0.1, 0.15) is 27.8 Å². The molecular weight excluding hydrogens is 266 g/mol. The van der Waals surface area contributed by atoms with Crippen molar-refractivity contribution in [1.82, 2.24) is 5.32 Å². The highest BCUT2D eigenvalue weighted by Crippen LogP contribution is 2.22. The maximum absolute atomic E-state index is 11.8. The summed E-state index contributed by atoms with van der Waals surface area (Å²) in [5.41, 5.74) is 1.06. The Morgan fingerprint density at radius 2 is 2.16 bits per heavy atom. The molecule has 0 bridgehead atoms. The van der Waals surface area contributed by atoms with E-state index in [1.54, 1.807) is 37.3 Å². The number of furan rings is 1. The van der Waals surface area contributed by atoms with E-state index in [-0.39, 0.29) is 12.5 Å². The molecule has 0 fully saturated rings. The van der Waals surface area contributed by atoms with Gasteiger partial charge in [-0.15, -0.1) is 0 Å². The van der Waals surface area contributed by atoms with Crippen LogP contribution in [0.15, 0.2) is 41.0 Å². The normalized spacial score (nSPS) is 12.2. The third-order valence-electron chi connectivity index (χ3n) is 2.82. The van der Waals surface area contributed by atoms with Gasteiger partial charge in [0, 0.05) is 17.1 Å². The number of aliphatic hydroxyl groups is 1. The summed E-state index contributed by atoms with van der Waals surface area (Å²) >= 11 is 5.97. The van der Waals surface area contributed by atoms with Crippen LogP contribution in [-0.4, -0.2) is 17.6 Å². The van der Waals surface area contributed by atoms with E-state index in [0.29, 0.717) is 21.9 Å². The zero-order valence-corrected chi connectivity index (χ0v) is 11.1. The second-order valence-corrected chi connectivity index (χ2v) is 4.54. The number of nitrogens with one attached hydrogen (secondary N) is 1. The van der Waals surface area contributed by atoms with E-state index >= 15 is 0 Å². The van der Waals surface area contributed by atoms with E-state index in [1.165, 1.54) is 6.26 Å². The summed E-state index contributed by atoms with van der Waals surface area (Å²) < 4.78 is 5.05. The van der Waals surface area contributed by atoms with Gasteiger partial charge in [0.2, 0.25) is 0 Å². The Bertz CT molecular complexity index is 580. The number of halogens is 1. The number of carbonyl (C=O) groups excluding carboxylic acids is 1. The second kappa shape index (κ2) is 5.91. The molecule has 1 atom stereocenters. The largest absolute Gasteiger partial charge is 0.469 e. The standard InChI is InChI=1S/C14H14ClNO3/c1-9-10(6-7-19-9)14(18)16-8-13(17)11-4-2-3-5-12(11)15/h2-7,13,17H,8H2,1H3,(H,16,18). The second-order valence-electron chi connectivity index (χ2n) is 4.14. The number of carbonyl (C=O) groups is 1. The van der Waals surface area contributed by atoms with Crippen LogP contribution in [0.5, 0.6) is 0 Å². The van der Waals surface area contributed by atoms with Gasteiger partial charge < -0.3 is 14.8 Å². The molecule has 19 heavy (non-hydrogen) atoms. The quantitative estimate of drug-likeness (QED) is 0.904. The SMILES string of the molecule is Cc1occc1C(=O)NCC(O)c1ccccc1Cl. The Labute approximate surface area is 116 Å². The molecule has 0 saturated carbocycles. The maximum atomic E-state index is 11.8. The number of hydrogen-bond donors (Lipinski definition) is 2. The molecule has 0 aliphatic heterocycles. The molecule has 100 valence electrons. The number of aliphatic hydroxyl groups excluding tert-OH is 1. The topological polar surface area (TPSA) is 62.5 Å². The molecule has 2 N–H and O–H groups in total. The van der Waals surface area contributed by atoms with Gasteiger partial charge in [-0.05, 0) is 19.1 Å². The van der Waals surface area contributed by atoms with Crippen molar-refractivity contribution >= 4 is 17.5 Å². The molecule has 2 aromatic rings. The summed E-state index contributed by atoms with van der Waals surface area (Å²) in [6, 6.07) is 8.58. The van der Waals surface area contributed by atoms with E-state index in [9.17, 15) is 9.90 Å². The van der Waals surface area contributed by atoms with Crippen LogP contribution in [0.3, 0.4) is 0 Å². The van der Waals surface area contributed by atoms with E-state index in [0.717, 1.165) is 0 Å². The fourth-order valence-corrected chi connectivity index (χ4v) is 2.02. The van der Waals surface area contributed by atoms with E-state index in [2.05, 4.69) is 5.32 Å². The summed E-state index contributed by atoms with van der Waals surface area (Å²) in [5, 5.41) is 13.1. The van der Waals surface area contributed by atoms with Gasteiger partial charge >= 0.3 is 0 Å². The first kappa shape index (κ1) is 13.6. The van der Waals surface area contributed by atoms with Gasteiger partial charge in [0.05, 0.1) is 17.9 Å². The van der Waals surface area contributed by atoms with Gasteiger partial charge in [0.1, 0.15) is 5.76 Å². The fraction of sp³-hybridized carbons (Fsp3) is 0.214. The average Bonchev–Trinajstić information content (AvgIpc) is 2.82. The minimum absolute atomic E-state index is 0.0905. The molecule has 0 spiro atoms. The first-order valence-electron chi connectivity index (χ1n) is 5.84. The van der Waals surface area contributed by atoms with Crippen LogP contribution in [0, 0.1) is 6.92 Å². The average molecular weight is 280 g/mol. The molecule has 1 amide bonds.